The second-order valence-electron chi connectivity index (χ2n) is 6.81. The minimum absolute atomic E-state index is 0.784. The summed E-state index contributed by atoms with van der Waals surface area (Å²) < 4.78 is 0. The van der Waals surface area contributed by atoms with E-state index < -0.39 is 0 Å². The van der Waals surface area contributed by atoms with E-state index in [2.05, 4.69) is 69.5 Å². The second-order valence-corrected chi connectivity index (χ2v) is 6.81. The average molecular weight is 336 g/mol. The van der Waals surface area contributed by atoms with Crippen LogP contribution in [0, 0.1) is 0 Å². The Morgan fingerprint density at radius 1 is 0.880 bits per heavy atom. The molecule has 3 nitrogen and oxygen atoms in total. The van der Waals surface area contributed by atoms with Gasteiger partial charge in [-0.3, -0.25) is 4.90 Å². The summed E-state index contributed by atoms with van der Waals surface area (Å²) in [7, 11) is 0. The van der Waals surface area contributed by atoms with Gasteiger partial charge in [-0.15, -0.1) is 0 Å². The summed E-state index contributed by atoms with van der Waals surface area (Å²) in [5.74, 6) is 0. The van der Waals surface area contributed by atoms with Gasteiger partial charge in [-0.2, -0.15) is 0 Å². The van der Waals surface area contributed by atoms with E-state index in [1.54, 1.807) is 0 Å². The van der Waals surface area contributed by atoms with Gasteiger partial charge in [0.2, 0.25) is 0 Å². The van der Waals surface area contributed by atoms with Crippen molar-refractivity contribution in [3.63, 3.8) is 0 Å². The summed E-state index contributed by atoms with van der Waals surface area (Å²) >= 11 is 0. The van der Waals surface area contributed by atoms with Crippen LogP contribution < -0.4 is 0 Å². The molecule has 0 saturated carbocycles. The zero-order chi connectivity index (χ0) is 17.3. The molecule has 132 valence electrons. The Hall–Kier alpha value is -2.13. The first-order chi connectivity index (χ1) is 12.3. The highest BCUT2D eigenvalue weighted by molar-refractivity contribution is 5.82. The highest BCUT2D eigenvalue weighted by Crippen LogP contribution is 2.20. The summed E-state index contributed by atoms with van der Waals surface area (Å²) in [6.07, 6.45) is 5.15. The topological polar surface area (TPSA) is 24.8 Å². The van der Waals surface area contributed by atoms with Crippen LogP contribution in [0.3, 0.4) is 0 Å². The number of rotatable bonds is 3. The minimum Gasteiger partial charge on any atom is -0.395 e. The highest BCUT2D eigenvalue weighted by atomic mass is 16.6. The van der Waals surface area contributed by atoms with E-state index in [9.17, 15) is 0 Å². The van der Waals surface area contributed by atoms with Gasteiger partial charge in [0.05, 0.1) is 5.71 Å². The van der Waals surface area contributed by atoms with E-state index >= 15 is 0 Å². The zero-order valence-corrected chi connectivity index (χ0v) is 15.2. The fourth-order valence-corrected chi connectivity index (χ4v) is 3.20. The molecule has 25 heavy (non-hydrogen) atoms. The maximum absolute atomic E-state index is 4.64. The maximum atomic E-state index is 4.64. The van der Waals surface area contributed by atoms with Gasteiger partial charge >= 0.3 is 0 Å². The van der Waals surface area contributed by atoms with Crippen LogP contribution in [0.2, 0.25) is 0 Å². The number of oxime groups is 1. The molecule has 0 bridgehead atoms. The lowest BCUT2D eigenvalue weighted by molar-refractivity contribution is 0.173. The number of hydrogen-bond donors (Lipinski definition) is 0. The van der Waals surface area contributed by atoms with E-state index in [4.69, 9.17) is 0 Å². The number of benzene rings is 2. The van der Waals surface area contributed by atoms with Crippen molar-refractivity contribution in [3.8, 4) is 11.1 Å². The molecular formula is C22H28N2O. The van der Waals surface area contributed by atoms with Gasteiger partial charge in [0.1, 0.15) is 6.61 Å². The number of hydrogen-bond acceptors (Lipinski definition) is 3. The quantitative estimate of drug-likeness (QED) is 0.777. The van der Waals surface area contributed by atoms with Crippen molar-refractivity contribution < 1.29 is 4.84 Å². The fourth-order valence-electron chi connectivity index (χ4n) is 3.20. The van der Waals surface area contributed by atoms with Gasteiger partial charge in [-0.1, -0.05) is 66.2 Å². The molecule has 2 aliphatic rings. The van der Waals surface area contributed by atoms with Gasteiger partial charge in [0.25, 0.3) is 0 Å². The van der Waals surface area contributed by atoms with Crippen molar-refractivity contribution >= 4 is 5.71 Å². The van der Waals surface area contributed by atoms with Gasteiger partial charge in [-0.05, 0) is 49.5 Å². The molecule has 0 spiro atoms. The van der Waals surface area contributed by atoms with Crippen LogP contribution in [0.5, 0.6) is 0 Å². The normalized spacial score (nSPS) is 17.2. The third kappa shape index (κ3) is 5.71. The van der Waals surface area contributed by atoms with E-state index in [-0.39, 0.29) is 0 Å². The first-order valence-electron chi connectivity index (χ1n) is 9.33. The van der Waals surface area contributed by atoms with Crippen molar-refractivity contribution in [3.05, 3.63) is 60.2 Å². The van der Waals surface area contributed by atoms with Gasteiger partial charge in [0.15, 0.2) is 0 Å². The number of likely N-dealkylation sites (tertiary alicyclic amines) is 1. The van der Waals surface area contributed by atoms with Crippen LogP contribution in [0.1, 0.15) is 38.2 Å². The lowest BCUT2D eigenvalue weighted by Gasteiger charge is -2.26. The lowest BCUT2D eigenvalue weighted by atomic mass is 10.0. The molecule has 1 saturated heterocycles. The predicted octanol–water partition coefficient (Wildman–Crippen LogP) is 5.12. The zero-order valence-electron chi connectivity index (χ0n) is 15.2. The molecule has 2 aromatic rings. The molecule has 0 amide bonds. The molecule has 1 fully saturated rings. The molecule has 2 heterocycles. The van der Waals surface area contributed by atoms with Crippen molar-refractivity contribution in [1.82, 2.24) is 4.90 Å². The van der Waals surface area contributed by atoms with Gasteiger partial charge in [0, 0.05) is 13.0 Å². The van der Waals surface area contributed by atoms with Crippen LogP contribution in [-0.4, -0.2) is 30.3 Å². The Bertz CT molecular complexity index is 658. The summed E-state index contributed by atoms with van der Waals surface area (Å²) in [5.41, 5.74) is 5.14. The van der Waals surface area contributed by atoms with Gasteiger partial charge in [-0.25, -0.2) is 0 Å². The summed E-state index contributed by atoms with van der Waals surface area (Å²) in [6.45, 7) is 6.38. The number of nitrogens with zero attached hydrogens (tertiary/aromatic N) is 2. The van der Waals surface area contributed by atoms with E-state index in [1.807, 2.05) is 6.92 Å². The number of piperidine rings is 1. The van der Waals surface area contributed by atoms with Gasteiger partial charge < -0.3 is 4.84 Å². The maximum Gasteiger partial charge on any atom is 0.122 e. The van der Waals surface area contributed by atoms with Crippen molar-refractivity contribution in [2.24, 2.45) is 5.16 Å². The largest absolute Gasteiger partial charge is 0.395 e. The molecule has 0 aromatic heterocycles. The van der Waals surface area contributed by atoms with Crippen molar-refractivity contribution in [1.29, 1.82) is 0 Å². The average Bonchev–Trinajstić information content (AvgIpc) is 3.15. The molecule has 0 atom stereocenters. The Morgan fingerprint density at radius 2 is 1.56 bits per heavy atom. The molecule has 3 heteroatoms. The minimum atomic E-state index is 0.784. The lowest BCUT2D eigenvalue weighted by Crippen LogP contribution is -2.28. The molecule has 0 unspecified atom stereocenters. The Morgan fingerprint density at radius 3 is 2.12 bits per heavy atom. The molecule has 0 aliphatic carbocycles. The van der Waals surface area contributed by atoms with Crippen molar-refractivity contribution in [2.45, 2.75) is 39.2 Å². The van der Waals surface area contributed by atoms with E-state index in [1.165, 1.54) is 49.0 Å². The third-order valence-electron chi connectivity index (χ3n) is 4.69. The Balaban J connectivity index is 0.000000258. The Kier molecular flexibility index (Phi) is 6.63. The summed E-state index contributed by atoms with van der Waals surface area (Å²) in [5, 5.41) is 3.65. The fraction of sp³-hybridized carbons (Fsp3) is 0.409. The van der Waals surface area contributed by atoms with Crippen LogP contribution in [-0.2, 0) is 11.4 Å². The van der Waals surface area contributed by atoms with Crippen LogP contribution in [0.4, 0.5) is 0 Å². The van der Waals surface area contributed by atoms with Crippen LogP contribution in [0.15, 0.2) is 59.8 Å². The van der Waals surface area contributed by atoms with E-state index in [0.717, 1.165) is 25.3 Å². The smallest absolute Gasteiger partial charge is 0.122 e. The second kappa shape index (κ2) is 9.38. The summed E-state index contributed by atoms with van der Waals surface area (Å²) in [4.78, 5) is 7.22. The Labute approximate surface area is 151 Å². The molecule has 4 rings (SSSR count). The molecule has 0 N–H and O–H groups in total. The first-order valence-corrected chi connectivity index (χ1v) is 9.33. The van der Waals surface area contributed by atoms with Crippen molar-refractivity contribution in [2.75, 3.05) is 19.7 Å². The molecule has 0 radical (unpaired) electrons. The summed E-state index contributed by atoms with van der Waals surface area (Å²) in [6, 6.07) is 19.6. The third-order valence-corrected chi connectivity index (χ3v) is 4.69. The SMILES string of the molecule is CC1=NOCC1.c1ccc(-c2ccc(CN3CCCCC3)cc2)cc1. The first kappa shape index (κ1) is 17.7. The monoisotopic (exact) mass is 336 g/mol. The van der Waals surface area contributed by atoms with Crippen LogP contribution in [0.25, 0.3) is 11.1 Å². The standard InChI is InChI=1S/C18H21N.C4H7NO/c1-3-7-17(8-4-1)18-11-9-16(10-12-18)15-19-13-5-2-6-14-19;1-4-2-3-6-5-4/h1,3-4,7-12H,2,5-6,13-15H2;2-3H2,1H3. The predicted molar refractivity (Wildman–Crippen MR) is 105 cm³/mol. The van der Waals surface area contributed by atoms with E-state index in [0.29, 0.717) is 0 Å². The van der Waals surface area contributed by atoms with Crippen LogP contribution >= 0.6 is 0 Å². The molecular weight excluding hydrogens is 308 g/mol. The molecule has 2 aromatic carbocycles. The highest BCUT2D eigenvalue weighted by Gasteiger charge is 2.10. The molecule has 2 aliphatic heterocycles.